The SMILES string of the molecule is CC(I)C(=O)OCC[NH2+]c1cccc2ccccc12. The van der Waals surface area contributed by atoms with Gasteiger partial charge in [0.25, 0.3) is 0 Å². The molecule has 0 aliphatic carbocycles. The third-order valence-electron chi connectivity index (χ3n) is 2.87. The van der Waals surface area contributed by atoms with Gasteiger partial charge >= 0.3 is 5.97 Å². The molecule has 2 N–H and O–H groups in total. The second-order valence-electron chi connectivity index (χ2n) is 4.34. The molecule has 2 aromatic rings. The Morgan fingerprint density at radius 2 is 2.00 bits per heavy atom. The Balaban J connectivity index is 1.93. The van der Waals surface area contributed by atoms with Crippen LogP contribution in [0.1, 0.15) is 6.92 Å². The summed E-state index contributed by atoms with van der Waals surface area (Å²) in [5.74, 6) is -0.146. The van der Waals surface area contributed by atoms with Gasteiger partial charge in [-0.15, -0.1) is 0 Å². The third kappa shape index (κ3) is 3.91. The van der Waals surface area contributed by atoms with Gasteiger partial charge in [-0.05, 0) is 24.4 Å². The summed E-state index contributed by atoms with van der Waals surface area (Å²) in [4.78, 5) is 11.3. The van der Waals surface area contributed by atoms with Crippen molar-refractivity contribution in [1.82, 2.24) is 0 Å². The highest BCUT2D eigenvalue weighted by molar-refractivity contribution is 14.1. The lowest BCUT2D eigenvalue weighted by atomic mass is 10.1. The zero-order valence-corrected chi connectivity index (χ0v) is 13.0. The van der Waals surface area contributed by atoms with E-state index >= 15 is 0 Å². The number of fused-ring (bicyclic) bond motifs is 1. The van der Waals surface area contributed by atoms with Crippen LogP contribution in [-0.2, 0) is 9.53 Å². The molecule has 2 aromatic carbocycles. The number of hydrogen-bond acceptors (Lipinski definition) is 2. The maximum atomic E-state index is 11.3. The normalized spacial score (nSPS) is 12.3. The van der Waals surface area contributed by atoms with Gasteiger partial charge in [-0.3, -0.25) is 4.79 Å². The van der Waals surface area contributed by atoms with Crippen LogP contribution in [0.4, 0.5) is 5.69 Å². The highest BCUT2D eigenvalue weighted by Gasteiger charge is 2.10. The third-order valence-corrected chi connectivity index (χ3v) is 3.38. The number of halogens is 1. The minimum atomic E-state index is -0.146. The van der Waals surface area contributed by atoms with E-state index in [9.17, 15) is 4.79 Å². The molecule has 0 saturated carbocycles. The van der Waals surface area contributed by atoms with E-state index < -0.39 is 0 Å². The molecule has 0 spiro atoms. The summed E-state index contributed by atoms with van der Waals surface area (Å²) >= 11 is 2.06. The van der Waals surface area contributed by atoms with Crippen molar-refractivity contribution in [1.29, 1.82) is 0 Å². The van der Waals surface area contributed by atoms with Crippen molar-refractivity contribution in [3.8, 4) is 0 Å². The summed E-state index contributed by atoms with van der Waals surface area (Å²) in [5, 5.41) is 4.58. The molecule has 0 fully saturated rings. The smallest absolute Gasteiger partial charge is 0.318 e. The number of esters is 1. The topological polar surface area (TPSA) is 42.9 Å². The predicted molar refractivity (Wildman–Crippen MR) is 84.8 cm³/mol. The van der Waals surface area contributed by atoms with Crippen LogP contribution in [0.25, 0.3) is 10.8 Å². The molecule has 1 atom stereocenters. The highest BCUT2D eigenvalue weighted by atomic mass is 127. The van der Waals surface area contributed by atoms with E-state index in [0.717, 1.165) is 6.54 Å². The monoisotopic (exact) mass is 370 g/mol. The summed E-state index contributed by atoms with van der Waals surface area (Å²) < 4.78 is 5.07. The van der Waals surface area contributed by atoms with Crippen LogP contribution >= 0.6 is 22.6 Å². The van der Waals surface area contributed by atoms with Gasteiger partial charge < -0.3 is 10.1 Å². The van der Waals surface area contributed by atoms with E-state index in [1.807, 2.05) is 25.1 Å². The molecule has 0 aromatic heterocycles. The molecular weight excluding hydrogens is 353 g/mol. The zero-order chi connectivity index (χ0) is 13.7. The Morgan fingerprint density at radius 3 is 2.79 bits per heavy atom. The quantitative estimate of drug-likeness (QED) is 0.289. The summed E-state index contributed by atoms with van der Waals surface area (Å²) in [6, 6.07) is 14.5. The number of rotatable bonds is 5. The Labute approximate surface area is 126 Å². The van der Waals surface area contributed by atoms with Gasteiger partial charge in [0.15, 0.2) is 0 Å². The zero-order valence-electron chi connectivity index (χ0n) is 10.8. The lowest BCUT2D eigenvalue weighted by molar-refractivity contribution is -0.571. The van der Waals surface area contributed by atoms with Crippen LogP contribution in [0.3, 0.4) is 0 Å². The van der Waals surface area contributed by atoms with E-state index in [4.69, 9.17) is 4.74 Å². The first-order valence-corrected chi connectivity index (χ1v) is 7.55. The Hall–Kier alpha value is -1.14. The standard InChI is InChI=1S/C15H16INO2/c1-11(16)15(18)19-10-9-17-14-8-4-6-12-5-2-3-7-13(12)14/h2-8,11,17H,9-10H2,1H3/p+1. The molecule has 0 aliphatic heterocycles. The van der Waals surface area contributed by atoms with Crippen LogP contribution in [0.2, 0.25) is 0 Å². The number of ether oxygens (including phenoxy) is 1. The maximum absolute atomic E-state index is 11.3. The molecule has 0 amide bonds. The summed E-state index contributed by atoms with van der Waals surface area (Å²) in [6.45, 7) is 3.01. The number of hydrogen-bond donors (Lipinski definition) is 1. The van der Waals surface area contributed by atoms with E-state index in [1.165, 1.54) is 16.5 Å². The molecule has 0 aliphatic rings. The van der Waals surface area contributed by atoms with Crippen molar-refractivity contribution in [3.63, 3.8) is 0 Å². The van der Waals surface area contributed by atoms with Gasteiger partial charge in [0.1, 0.15) is 22.8 Å². The number of carbonyl (C=O) groups is 1. The number of nitrogens with two attached hydrogens (primary N) is 1. The molecule has 19 heavy (non-hydrogen) atoms. The first-order valence-electron chi connectivity index (χ1n) is 6.30. The molecule has 0 radical (unpaired) electrons. The Kier molecular flexibility index (Phi) is 5.15. The van der Waals surface area contributed by atoms with Crippen LogP contribution < -0.4 is 5.32 Å². The van der Waals surface area contributed by atoms with Crippen molar-refractivity contribution in [3.05, 3.63) is 42.5 Å². The number of benzene rings is 2. The minimum Gasteiger partial charge on any atom is -0.459 e. The van der Waals surface area contributed by atoms with Gasteiger partial charge in [0.2, 0.25) is 0 Å². The van der Waals surface area contributed by atoms with E-state index in [-0.39, 0.29) is 9.89 Å². The average molecular weight is 370 g/mol. The average Bonchev–Trinajstić information content (AvgIpc) is 2.43. The molecule has 1 unspecified atom stereocenters. The van der Waals surface area contributed by atoms with E-state index in [0.29, 0.717) is 6.61 Å². The second-order valence-corrected chi connectivity index (χ2v) is 6.21. The van der Waals surface area contributed by atoms with Crippen molar-refractivity contribution in [2.24, 2.45) is 0 Å². The molecule has 0 bridgehead atoms. The second kappa shape index (κ2) is 6.86. The van der Waals surface area contributed by atoms with Crippen LogP contribution in [-0.4, -0.2) is 23.0 Å². The fourth-order valence-electron chi connectivity index (χ4n) is 1.92. The van der Waals surface area contributed by atoms with E-state index in [2.05, 4.69) is 52.2 Å². The van der Waals surface area contributed by atoms with Gasteiger partial charge in [-0.2, -0.15) is 0 Å². The number of quaternary nitrogens is 1. The fourth-order valence-corrected chi connectivity index (χ4v) is 2.10. The first kappa shape index (κ1) is 14.3. The molecule has 100 valence electrons. The highest BCUT2D eigenvalue weighted by Crippen LogP contribution is 2.18. The molecule has 4 heteroatoms. The molecule has 3 nitrogen and oxygen atoms in total. The fraction of sp³-hybridized carbons (Fsp3) is 0.267. The van der Waals surface area contributed by atoms with Crippen molar-refractivity contribution in [2.75, 3.05) is 13.2 Å². The minimum absolute atomic E-state index is 0.0878. The Bertz CT molecular complexity index is 564. The van der Waals surface area contributed by atoms with Crippen LogP contribution in [0.5, 0.6) is 0 Å². The van der Waals surface area contributed by atoms with Gasteiger partial charge in [0.05, 0.1) is 0 Å². The molecule has 2 rings (SSSR count). The lowest BCUT2D eigenvalue weighted by Gasteiger charge is -2.07. The van der Waals surface area contributed by atoms with Crippen molar-refractivity contribution in [2.45, 2.75) is 10.8 Å². The van der Waals surface area contributed by atoms with Crippen LogP contribution in [0.15, 0.2) is 42.5 Å². The molecular formula is C15H17INO2+. The van der Waals surface area contributed by atoms with Gasteiger partial charge in [-0.1, -0.05) is 52.9 Å². The van der Waals surface area contributed by atoms with E-state index in [1.54, 1.807) is 0 Å². The number of carbonyl (C=O) groups excluding carboxylic acids is 1. The molecule has 0 saturated heterocycles. The van der Waals surface area contributed by atoms with Crippen molar-refractivity contribution >= 4 is 45.0 Å². The van der Waals surface area contributed by atoms with Gasteiger partial charge in [-0.25, -0.2) is 0 Å². The summed E-state index contributed by atoms with van der Waals surface area (Å²) in [7, 11) is 0. The first-order chi connectivity index (χ1) is 9.18. The predicted octanol–water partition coefficient (Wildman–Crippen LogP) is 2.40. The largest absolute Gasteiger partial charge is 0.459 e. The number of alkyl halides is 1. The van der Waals surface area contributed by atoms with Crippen molar-refractivity contribution < 1.29 is 14.8 Å². The summed E-state index contributed by atoms with van der Waals surface area (Å²) in [5.41, 5.74) is 1.19. The maximum Gasteiger partial charge on any atom is 0.318 e. The molecule has 0 heterocycles. The Morgan fingerprint density at radius 1 is 1.26 bits per heavy atom. The van der Waals surface area contributed by atoms with Gasteiger partial charge in [0, 0.05) is 5.39 Å². The van der Waals surface area contributed by atoms with Crippen LogP contribution in [0, 0.1) is 0 Å². The summed E-state index contributed by atoms with van der Waals surface area (Å²) in [6.07, 6.45) is 0. The lowest BCUT2D eigenvalue weighted by Crippen LogP contribution is -2.79.